The molecule has 0 aromatic carbocycles. The smallest absolute Gasteiger partial charge is 0.0251 e. The van der Waals surface area contributed by atoms with Crippen LogP contribution in [0.25, 0.3) is 0 Å². The van der Waals surface area contributed by atoms with Gasteiger partial charge in [-0.1, -0.05) is 5.57 Å². The molecule has 0 aromatic heterocycles. The molecule has 0 saturated carbocycles. The average Bonchev–Trinajstić information content (AvgIpc) is 1.93. The number of hydrazine groups is 1. The summed E-state index contributed by atoms with van der Waals surface area (Å²) in [4.78, 5) is 0. The first-order valence-electron chi connectivity index (χ1n) is 3.74. The fourth-order valence-corrected chi connectivity index (χ4v) is 1.19. The SMILES string of the molecule is CC1=C(C)N(C)N(C)CC1. The van der Waals surface area contributed by atoms with Gasteiger partial charge in [-0.05, 0) is 20.3 Å². The van der Waals surface area contributed by atoms with Crippen LogP contribution in [-0.4, -0.2) is 30.7 Å². The fraction of sp³-hybridized carbons (Fsp3) is 0.750. The van der Waals surface area contributed by atoms with Crippen molar-refractivity contribution in [3.8, 4) is 0 Å². The molecule has 1 aliphatic heterocycles. The van der Waals surface area contributed by atoms with Crippen LogP contribution in [0.4, 0.5) is 0 Å². The minimum Gasteiger partial charge on any atom is -0.314 e. The minimum atomic E-state index is 1.15. The molecule has 10 heavy (non-hydrogen) atoms. The molecular formula is C8H16N2. The summed E-state index contributed by atoms with van der Waals surface area (Å²) >= 11 is 0. The van der Waals surface area contributed by atoms with Gasteiger partial charge >= 0.3 is 0 Å². The topological polar surface area (TPSA) is 6.48 Å². The molecule has 0 spiro atoms. The lowest BCUT2D eigenvalue weighted by Crippen LogP contribution is -2.39. The molecule has 0 amide bonds. The lowest BCUT2D eigenvalue weighted by Gasteiger charge is -2.36. The van der Waals surface area contributed by atoms with E-state index < -0.39 is 0 Å². The van der Waals surface area contributed by atoms with Gasteiger partial charge in [-0.25, -0.2) is 5.01 Å². The molecule has 0 atom stereocenters. The first-order chi connectivity index (χ1) is 4.63. The minimum absolute atomic E-state index is 1.15. The van der Waals surface area contributed by atoms with Crippen LogP contribution in [0.3, 0.4) is 0 Å². The fourth-order valence-electron chi connectivity index (χ4n) is 1.19. The second-order valence-corrected chi connectivity index (χ2v) is 3.02. The Morgan fingerprint density at radius 2 is 1.80 bits per heavy atom. The normalized spacial score (nSPS) is 22.2. The summed E-state index contributed by atoms with van der Waals surface area (Å²) in [7, 11) is 4.23. The van der Waals surface area contributed by atoms with Crippen molar-refractivity contribution in [3.05, 3.63) is 11.3 Å². The van der Waals surface area contributed by atoms with Crippen molar-refractivity contribution in [1.29, 1.82) is 0 Å². The second kappa shape index (κ2) is 2.62. The van der Waals surface area contributed by atoms with Crippen LogP contribution < -0.4 is 0 Å². The predicted octanol–water partition coefficient (Wildman–Crippen LogP) is 1.46. The molecule has 0 saturated heterocycles. The monoisotopic (exact) mass is 140 g/mol. The molecule has 58 valence electrons. The van der Waals surface area contributed by atoms with Crippen molar-refractivity contribution in [2.75, 3.05) is 20.6 Å². The molecule has 0 aromatic rings. The van der Waals surface area contributed by atoms with E-state index in [1.807, 2.05) is 0 Å². The molecule has 2 nitrogen and oxygen atoms in total. The molecule has 1 aliphatic rings. The van der Waals surface area contributed by atoms with Gasteiger partial charge in [0.25, 0.3) is 0 Å². The maximum atomic E-state index is 2.24. The predicted molar refractivity (Wildman–Crippen MR) is 43.4 cm³/mol. The molecule has 0 N–H and O–H groups in total. The molecule has 2 heteroatoms. The van der Waals surface area contributed by atoms with Crippen molar-refractivity contribution in [3.63, 3.8) is 0 Å². The van der Waals surface area contributed by atoms with Crippen LogP contribution in [0.15, 0.2) is 11.3 Å². The Bertz CT molecular complexity index is 161. The van der Waals surface area contributed by atoms with Crippen LogP contribution in [0, 0.1) is 0 Å². The standard InChI is InChI=1S/C8H16N2/c1-7-5-6-9(3)10(4)8(7)2/h5-6H2,1-4H3. The van der Waals surface area contributed by atoms with Crippen LogP contribution in [0.5, 0.6) is 0 Å². The van der Waals surface area contributed by atoms with Gasteiger partial charge in [0.2, 0.25) is 0 Å². The highest BCUT2D eigenvalue weighted by molar-refractivity contribution is 5.10. The van der Waals surface area contributed by atoms with Crippen molar-refractivity contribution >= 4 is 0 Å². The highest BCUT2D eigenvalue weighted by atomic mass is 15.6. The van der Waals surface area contributed by atoms with Gasteiger partial charge < -0.3 is 5.01 Å². The summed E-state index contributed by atoms with van der Waals surface area (Å²) in [6.07, 6.45) is 1.21. The van der Waals surface area contributed by atoms with Gasteiger partial charge in [-0.15, -0.1) is 0 Å². The summed E-state index contributed by atoms with van der Waals surface area (Å²) in [6.45, 7) is 5.53. The summed E-state index contributed by atoms with van der Waals surface area (Å²) in [5, 5.41) is 4.45. The summed E-state index contributed by atoms with van der Waals surface area (Å²) in [5.41, 5.74) is 2.91. The molecule has 0 fully saturated rings. The van der Waals surface area contributed by atoms with Gasteiger partial charge in [0.05, 0.1) is 0 Å². The Labute approximate surface area is 63.1 Å². The van der Waals surface area contributed by atoms with E-state index in [1.54, 1.807) is 0 Å². The first-order valence-corrected chi connectivity index (χ1v) is 3.74. The van der Waals surface area contributed by atoms with Crippen LogP contribution in [-0.2, 0) is 0 Å². The third-order valence-corrected chi connectivity index (χ3v) is 2.43. The van der Waals surface area contributed by atoms with Gasteiger partial charge in [0.15, 0.2) is 0 Å². The van der Waals surface area contributed by atoms with Crippen molar-refractivity contribution < 1.29 is 0 Å². The largest absolute Gasteiger partial charge is 0.314 e. The number of hydrogen-bond donors (Lipinski definition) is 0. The number of rotatable bonds is 0. The highest BCUT2D eigenvalue weighted by Crippen LogP contribution is 2.18. The molecule has 1 heterocycles. The molecule has 1 rings (SSSR count). The van der Waals surface area contributed by atoms with Gasteiger partial charge in [-0.2, -0.15) is 0 Å². The van der Waals surface area contributed by atoms with Crippen LogP contribution in [0.2, 0.25) is 0 Å². The van der Waals surface area contributed by atoms with E-state index in [-0.39, 0.29) is 0 Å². The van der Waals surface area contributed by atoms with Crippen molar-refractivity contribution in [2.24, 2.45) is 0 Å². The Morgan fingerprint density at radius 1 is 1.20 bits per heavy atom. The zero-order valence-corrected chi connectivity index (χ0v) is 7.31. The maximum absolute atomic E-state index is 2.24. The summed E-state index contributed by atoms with van der Waals surface area (Å²) in [6, 6.07) is 0. The van der Waals surface area contributed by atoms with E-state index in [9.17, 15) is 0 Å². The van der Waals surface area contributed by atoms with Crippen LogP contribution in [0.1, 0.15) is 20.3 Å². The average molecular weight is 140 g/mol. The molecular weight excluding hydrogens is 124 g/mol. The number of hydrogen-bond acceptors (Lipinski definition) is 2. The zero-order chi connectivity index (χ0) is 7.72. The van der Waals surface area contributed by atoms with Crippen LogP contribution >= 0.6 is 0 Å². The highest BCUT2D eigenvalue weighted by Gasteiger charge is 2.13. The molecule has 0 radical (unpaired) electrons. The Hall–Kier alpha value is -0.500. The van der Waals surface area contributed by atoms with Crippen molar-refractivity contribution in [1.82, 2.24) is 10.0 Å². The second-order valence-electron chi connectivity index (χ2n) is 3.02. The number of nitrogens with zero attached hydrogens (tertiary/aromatic N) is 2. The van der Waals surface area contributed by atoms with E-state index in [1.165, 1.54) is 17.7 Å². The summed E-state index contributed by atoms with van der Waals surface area (Å²) < 4.78 is 0. The Balaban J connectivity index is 2.77. The van der Waals surface area contributed by atoms with E-state index in [2.05, 4.69) is 38.0 Å². The molecule has 0 unspecified atom stereocenters. The Morgan fingerprint density at radius 3 is 2.30 bits per heavy atom. The van der Waals surface area contributed by atoms with Gasteiger partial charge in [-0.3, -0.25) is 0 Å². The van der Waals surface area contributed by atoms with E-state index in [4.69, 9.17) is 0 Å². The third kappa shape index (κ3) is 1.16. The van der Waals surface area contributed by atoms with Gasteiger partial charge in [0.1, 0.15) is 0 Å². The first kappa shape index (κ1) is 7.61. The molecule has 0 aliphatic carbocycles. The van der Waals surface area contributed by atoms with E-state index in [0.29, 0.717) is 0 Å². The summed E-state index contributed by atoms with van der Waals surface area (Å²) in [5.74, 6) is 0. The Kier molecular flexibility index (Phi) is 2.00. The zero-order valence-electron chi connectivity index (χ0n) is 7.31. The van der Waals surface area contributed by atoms with Crippen molar-refractivity contribution in [2.45, 2.75) is 20.3 Å². The lowest BCUT2D eigenvalue weighted by molar-refractivity contribution is 0.0523. The molecule has 0 bridgehead atoms. The third-order valence-electron chi connectivity index (χ3n) is 2.43. The number of allylic oxidation sites excluding steroid dienone is 1. The van der Waals surface area contributed by atoms with E-state index >= 15 is 0 Å². The lowest BCUT2D eigenvalue weighted by atomic mass is 10.1. The van der Waals surface area contributed by atoms with E-state index in [0.717, 1.165) is 6.54 Å². The van der Waals surface area contributed by atoms with Gasteiger partial charge in [0, 0.05) is 26.3 Å². The quantitative estimate of drug-likeness (QED) is 0.502. The maximum Gasteiger partial charge on any atom is 0.0251 e.